The number of rotatable bonds is 4. The number of ether oxygens (including phenoxy) is 1. The van der Waals surface area contributed by atoms with Crippen LogP contribution in [0, 0.1) is 0 Å². The highest BCUT2D eigenvalue weighted by Crippen LogP contribution is 2.20. The minimum Gasteiger partial charge on any atom is -0.371 e. The van der Waals surface area contributed by atoms with E-state index in [4.69, 9.17) is 16.3 Å². The summed E-state index contributed by atoms with van der Waals surface area (Å²) < 4.78 is 33.6. The van der Waals surface area contributed by atoms with Gasteiger partial charge in [-0.25, -0.2) is 13.4 Å². The average molecular weight is 308 g/mol. The molecule has 1 aliphatic rings. The Labute approximate surface area is 118 Å². The summed E-state index contributed by atoms with van der Waals surface area (Å²) in [7, 11) is -3.56. The lowest BCUT2D eigenvalue weighted by atomic mass is 10.3. The Bertz CT molecular complexity index is 531. The van der Waals surface area contributed by atoms with Gasteiger partial charge >= 0.3 is 0 Å². The molecule has 0 bridgehead atoms. The SMILES string of the molecule is CCn1cnc(S(=O)(=O)N2CC(C)OC(CCl)C2)c1. The molecule has 1 aromatic rings. The van der Waals surface area contributed by atoms with Crippen LogP contribution >= 0.6 is 11.6 Å². The molecule has 108 valence electrons. The van der Waals surface area contributed by atoms with Crippen molar-refractivity contribution in [1.29, 1.82) is 0 Å². The molecular weight excluding hydrogens is 290 g/mol. The Hall–Kier alpha value is -0.630. The van der Waals surface area contributed by atoms with Crippen LogP contribution in [0.2, 0.25) is 0 Å². The molecule has 2 heterocycles. The van der Waals surface area contributed by atoms with Gasteiger partial charge in [-0.2, -0.15) is 4.31 Å². The van der Waals surface area contributed by atoms with E-state index >= 15 is 0 Å². The third-order valence-electron chi connectivity index (χ3n) is 3.04. The lowest BCUT2D eigenvalue weighted by Gasteiger charge is -2.34. The molecule has 1 aromatic heterocycles. The van der Waals surface area contributed by atoms with Gasteiger partial charge in [0.25, 0.3) is 10.0 Å². The number of alkyl halides is 1. The van der Waals surface area contributed by atoms with Gasteiger partial charge in [0.15, 0.2) is 5.03 Å². The van der Waals surface area contributed by atoms with E-state index in [0.29, 0.717) is 13.1 Å². The smallest absolute Gasteiger partial charge is 0.262 e. The van der Waals surface area contributed by atoms with E-state index in [-0.39, 0.29) is 29.7 Å². The number of morpholine rings is 1. The second kappa shape index (κ2) is 5.78. The van der Waals surface area contributed by atoms with Crippen molar-refractivity contribution in [2.75, 3.05) is 19.0 Å². The molecule has 0 spiro atoms. The first-order valence-electron chi connectivity index (χ1n) is 6.20. The first-order valence-corrected chi connectivity index (χ1v) is 8.18. The maximum atomic E-state index is 12.5. The maximum absolute atomic E-state index is 12.5. The van der Waals surface area contributed by atoms with Crippen LogP contribution in [0.1, 0.15) is 13.8 Å². The third-order valence-corrected chi connectivity index (χ3v) is 5.11. The minimum absolute atomic E-state index is 0.0803. The third kappa shape index (κ3) is 3.10. The summed E-state index contributed by atoms with van der Waals surface area (Å²) in [6.07, 6.45) is 2.63. The zero-order valence-corrected chi connectivity index (χ0v) is 12.6. The highest BCUT2D eigenvalue weighted by atomic mass is 35.5. The minimum atomic E-state index is -3.56. The van der Waals surface area contributed by atoms with Crippen molar-refractivity contribution >= 4 is 21.6 Å². The molecule has 0 aromatic carbocycles. The van der Waals surface area contributed by atoms with Crippen molar-refractivity contribution in [3.05, 3.63) is 12.5 Å². The summed E-state index contributed by atoms with van der Waals surface area (Å²) >= 11 is 5.77. The zero-order valence-electron chi connectivity index (χ0n) is 11.0. The van der Waals surface area contributed by atoms with Crippen molar-refractivity contribution in [2.24, 2.45) is 0 Å². The summed E-state index contributed by atoms with van der Waals surface area (Å²) in [5.74, 6) is 0.278. The molecule has 0 amide bonds. The number of nitrogens with zero attached hydrogens (tertiary/aromatic N) is 3. The van der Waals surface area contributed by atoms with E-state index in [2.05, 4.69) is 4.98 Å². The number of aromatic nitrogens is 2. The van der Waals surface area contributed by atoms with Gasteiger partial charge in [0.2, 0.25) is 0 Å². The Morgan fingerprint density at radius 1 is 1.53 bits per heavy atom. The second-order valence-corrected chi connectivity index (χ2v) is 6.78. The summed E-state index contributed by atoms with van der Waals surface area (Å²) in [6.45, 7) is 5.06. The molecule has 2 unspecified atom stereocenters. The first kappa shape index (κ1) is 14.8. The summed E-state index contributed by atoms with van der Waals surface area (Å²) in [4.78, 5) is 3.97. The molecule has 6 nitrogen and oxygen atoms in total. The van der Waals surface area contributed by atoms with Crippen molar-refractivity contribution < 1.29 is 13.2 Å². The lowest BCUT2D eigenvalue weighted by Crippen LogP contribution is -2.49. The molecule has 1 fully saturated rings. The van der Waals surface area contributed by atoms with E-state index in [9.17, 15) is 8.42 Å². The van der Waals surface area contributed by atoms with Gasteiger partial charge in [0, 0.05) is 31.7 Å². The Morgan fingerprint density at radius 2 is 2.26 bits per heavy atom. The second-order valence-electron chi connectivity index (χ2n) is 4.59. The van der Waals surface area contributed by atoms with Crippen LogP contribution in [0.25, 0.3) is 0 Å². The molecule has 19 heavy (non-hydrogen) atoms. The van der Waals surface area contributed by atoms with Crippen LogP contribution in [-0.4, -0.2) is 53.5 Å². The predicted octanol–water partition coefficient (Wildman–Crippen LogP) is 0.920. The molecule has 0 aliphatic carbocycles. The monoisotopic (exact) mass is 307 g/mol. The van der Waals surface area contributed by atoms with Gasteiger partial charge in [-0.3, -0.25) is 0 Å². The van der Waals surface area contributed by atoms with Gasteiger partial charge in [-0.05, 0) is 13.8 Å². The van der Waals surface area contributed by atoms with Gasteiger partial charge < -0.3 is 9.30 Å². The molecule has 0 radical (unpaired) electrons. The highest BCUT2D eigenvalue weighted by Gasteiger charge is 2.34. The molecule has 2 rings (SSSR count). The van der Waals surface area contributed by atoms with Crippen LogP contribution in [0.5, 0.6) is 0 Å². The van der Waals surface area contributed by atoms with Crippen molar-refractivity contribution in [2.45, 2.75) is 37.6 Å². The van der Waals surface area contributed by atoms with E-state index in [1.165, 1.54) is 10.6 Å². The number of hydrogen-bond donors (Lipinski definition) is 0. The fraction of sp³-hybridized carbons (Fsp3) is 0.727. The fourth-order valence-corrected chi connectivity index (χ4v) is 3.71. The molecule has 0 saturated carbocycles. The zero-order chi connectivity index (χ0) is 14.0. The lowest BCUT2D eigenvalue weighted by molar-refractivity contribution is -0.0423. The molecule has 0 N–H and O–H groups in total. The summed E-state index contributed by atoms with van der Waals surface area (Å²) in [6, 6.07) is 0. The number of hydrogen-bond acceptors (Lipinski definition) is 4. The fourth-order valence-electron chi connectivity index (χ4n) is 2.06. The van der Waals surface area contributed by atoms with Gasteiger partial charge in [-0.15, -0.1) is 11.6 Å². The number of halogens is 1. The molecule has 8 heteroatoms. The predicted molar refractivity (Wildman–Crippen MR) is 71.7 cm³/mol. The van der Waals surface area contributed by atoms with E-state index in [1.807, 2.05) is 13.8 Å². The van der Waals surface area contributed by atoms with Crippen LogP contribution < -0.4 is 0 Å². The summed E-state index contributed by atoms with van der Waals surface area (Å²) in [5.41, 5.74) is 0. The average Bonchev–Trinajstić information content (AvgIpc) is 2.87. The van der Waals surface area contributed by atoms with Crippen LogP contribution in [-0.2, 0) is 21.3 Å². The van der Waals surface area contributed by atoms with Crippen LogP contribution in [0.4, 0.5) is 0 Å². The quantitative estimate of drug-likeness (QED) is 0.776. The topological polar surface area (TPSA) is 64.4 Å². The highest BCUT2D eigenvalue weighted by molar-refractivity contribution is 7.89. The molecular formula is C11H18ClN3O3S. The Morgan fingerprint density at radius 3 is 2.84 bits per heavy atom. The Balaban J connectivity index is 2.23. The van der Waals surface area contributed by atoms with E-state index < -0.39 is 10.0 Å². The number of imidazole rings is 1. The molecule has 1 saturated heterocycles. The Kier molecular flexibility index (Phi) is 4.50. The van der Waals surface area contributed by atoms with Crippen molar-refractivity contribution in [1.82, 2.24) is 13.9 Å². The van der Waals surface area contributed by atoms with Gasteiger partial charge in [0.05, 0.1) is 18.5 Å². The maximum Gasteiger partial charge on any atom is 0.262 e. The number of sulfonamides is 1. The van der Waals surface area contributed by atoms with E-state index in [1.54, 1.807) is 10.8 Å². The van der Waals surface area contributed by atoms with Gasteiger partial charge in [0.1, 0.15) is 0 Å². The number of aryl methyl sites for hydroxylation is 1. The van der Waals surface area contributed by atoms with Crippen molar-refractivity contribution in [3.8, 4) is 0 Å². The molecule has 2 atom stereocenters. The van der Waals surface area contributed by atoms with Crippen molar-refractivity contribution in [3.63, 3.8) is 0 Å². The van der Waals surface area contributed by atoms with Crippen LogP contribution in [0.15, 0.2) is 17.6 Å². The molecule has 1 aliphatic heterocycles. The van der Waals surface area contributed by atoms with Gasteiger partial charge in [-0.1, -0.05) is 0 Å². The van der Waals surface area contributed by atoms with Crippen LogP contribution in [0.3, 0.4) is 0 Å². The van der Waals surface area contributed by atoms with E-state index in [0.717, 1.165) is 0 Å². The largest absolute Gasteiger partial charge is 0.371 e. The standard InChI is InChI=1S/C11H18ClN3O3S/c1-3-14-7-11(13-8-14)19(16,17)15-5-9(2)18-10(4-12)6-15/h7-10H,3-6H2,1-2H3. The first-order chi connectivity index (χ1) is 8.97. The normalized spacial score (nSPS) is 25.6. The summed E-state index contributed by atoms with van der Waals surface area (Å²) in [5, 5.41) is 0.0803.